The highest BCUT2D eigenvalue weighted by Gasteiger charge is 2.11. The molecule has 0 radical (unpaired) electrons. The van der Waals surface area contributed by atoms with E-state index >= 15 is 0 Å². The summed E-state index contributed by atoms with van der Waals surface area (Å²) >= 11 is 2.58. The van der Waals surface area contributed by atoms with Crippen molar-refractivity contribution in [3.05, 3.63) is 53.4 Å². The van der Waals surface area contributed by atoms with Crippen LogP contribution in [-0.4, -0.2) is 26.8 Å². The van der Waals surface area contributed by atoms with Crippen molar-refractivity contribution in [2.24, 2.45) is 0 Å². The lowest BCUT2D eigenvalue weighted by Crippen LogP contribution is -2.13. The summed E-state index contributed by atoms with van der Waals surface area (Å²) in [7, 11) is 0. The maximum atomic E-state index is 11.7. The van der Waals surface area contributed by atoms with Gasteiger partial charge in [-0.15, -0.1) is 21.5 Å². The fourth-order valence-electron chi connectivity index (χ4n) is 1.71. The average molecular weight is 332 g/mol. The lowest BCUT2D eigenvalue weighted by Gasteiger charge is -1.98. The Bertz CT molecular complexity index is 728. The zero-order valence-corrected chi connectivity index (χ0v) is 13.1. The highest BCUT2D eigenvalue weighted by molar-refractivity contribution is 7.99. The van der Waals surface area contributed by atoms with Crippen molar-refractivity contribution in [1.82, 2.24) is 15.2 Å². The van der Waals surface area contributed by atoms with Crippen LogP contribution in [0, 0.1) is 0 Å². The van der Waals surface area contributed by atoms with E-state index in [0.29, 0.717) is 22.7 Å². The van der Waals surface area contributed by atoms with Crippen molar-refractivity contribution < 1.29 is 9.21 Å². The van der Waals surface area contributed by atoms with Gasteiger partial charge >= 0.3 is 0 Å². The first-order valence-electron chi connectivity index (χ1n) is 6.48. The number of nitrogens with one attached hydrogen (secondary N) is 1. The molecule has 22 heavy (non-hydrogen) atoms. The van der Waals surface area contributed by atoms with Gasteiger partial charge in [0.25, 0.3) is 5.22 Å². The van der Waals surface area contributed by atoms with Gasteiger partial charge in [0.15, 0.2) is 5.13 Å². The van der Waals surface area contributed by atoms with Crippen LogP contribution in [0.4, 0.5) is 5.13 Å². The van der Waals surface area contributed by atoms with Crippen molar-refractivity contribution in [3.63, 3.8) is 0 Å². The van der Waals surface area contributed by atoms with Gasteiger partial charge in [-0.3, -0.25) is 4.79 Å². The Morgan fingerprint density at radius 2 is 2.14 bits per heavy atom. The summed E-state index contributed by atoms with van der Waals surface area (Å²) in [5.74, 6) is 0.587. The average Bonchev–Trinajstić information content (AvgIpc) is 3.18. The van der Waals surface area contributed by atoms with E-state index in [-0.39, 0.29) is 11.7 Å². The molecule has 1 N–H and O–H groups in total. The van der Waals surface area contributed by atoms with Crippen LogP contribution < -0.4 is 5.32 Å². The quantitative estimate of drug-likeness (QED) is 0.699. The van der Waals surface area contributed by atoms with E-state index in [0.717, 1.165) is 5.56 Å². The molecule has 1 aromatic carbocycles. The van der Waals surface area contributed by atoms with Crippen molar-refractivity contribution in [2.75, 3.05) is 11.1 Å². The minimum atomic E-state index is -0.150. The Morgan fingerprint density at radius 1 is 1.27 bits per heavy atom. The molecule has 0 saturated carbocycles. The van der Waals surface area contributed by atoms with Gasteiger partial charge in [0, 0.05) is 11.6 Å². The number of rotatable bonds is 6. The molecule has 2 aromatic heterocycles. The van der Waals surface area contributed by atoms with Crippen LogP contribution in [0.15, 0.2) is 51.5 Å². The number of carbonyl (C=O) groups excluding carboxylic acids is 1. The number of hydrogen-bond donors (Lipinski definition) is 1. The molecule has 0 saturated heterocycles. The number of benzene rings is 1. The molecule has 0 unspecified atom stereocenters. The molecule has 3 aromatic rings. The molecule has 8 heteroatoms. The third kappa shape index (κ3) is 4.15. The predicted octanol–water partition coefficient (Wildman–Crippen LogP) is 2.85. The van der Waals surface area contributed by atoms with E-state index in [1.54, 1.807) is 11.6 Å². The van der Waals surface area contributed by atoms with E-state index in [4.69, 9.17) is 4.42 Å². The second-order valence-electron chi connectivity index (χ2n) is 4.30. The topological polar surface area (TPSA) is 80.9 Å². The SMILES string of the molecule is O=C(CSc1nnc(Cc2ccccc2)o1)Nc1nccs1. The summed E-state index contributed by atoms with van der Waals surface area (Å²) in [4.78, 5) is 15.7. The number of thioether (sulfide) groups is 1. The molecule has 0 aliphatic heterocycles. The maximum absolute atomic E-state index is 11.7. The van der Waals surface area contributed by atoms with E-state index in [9.17, 15) is 4.79 Å². The summed E-state index contributed by atoms with van der Waals surface area (Å²) < 4.78 is 5.52. The fourth-order valence-corrected chi connectivity index (χ4v) is 2.83. The number of aromatic nitrogens is 3. The summed E-state index contributed by atoms with van der Waals surface area (Å²) in [6.07, 6.45) is 2.22. The highest BCUT2D eigenvalue weighted by Crippen LogP contribution is 2.18. The molecule has 3 rings (SSSR count). The van der Waals surface area contributed by atoms with Crippen LogP contribution in [0.5, 0.6) is 0 Å². The first kappa shape index (κ1) is 14.7. The fraction of sp³-hybridized carbons (Fsp3) is 0.143. The number of nitrogens with zero attached hydrogens (tertiary/aromatic N) is 3. The van der Waals surface area contributed by atoms with Crippen LogP contribution in [0.1, 0.15) is 11.5 Å². The molecule has 0 spiro atoms. The molecule has 112 valence electrons. The van der Waals surface area contributed by atoms with E-state index in [2.05, 4.69) is 20.5 Å². The minimum Gasteiger partial charge on any atom is -0.416 e. The second kappa shape index (κ2) is 7.19. The molecule has 0 bridgehead atoms. The molecule has 0 atom stereocenters. The predicted molar refractivity (Wildman–Crippen MR) is 85.0 cm³/mol. The summed E-state index contributed by atoms with van der Waals surface area (Å²) in [6, 6.07) is 9.88. The van der Waals surface area contributed by atoms with Gasteiger partial charge < -0.3 is 9.73 Å². The first-order chi connectivity index (χ1) is 10.8. The molecule has 0 aliphatic carbocycles. The molecular formula is C14H12N4O2S2. The zero-order valence-electron chi connectivity index (χ0n) is 11.4. The number of thiazole rings is 1. The Kier molecular flexibility index (Phi) is 4.81. The standard InChI is InChI=1S/C14H12N4O2S2/c19-11(16-13-15-6-7-21-13)9-22-14-18-17-12(20-14)8-10-4-2-1-3-5-10/h1-7H,8-9H2,(H,15,16,19). The smallest absolute Gasteiger partial charge is 0.277 e. The van der Waals surface area contributed by atoms with Gasteiger partial charge in [-0.05, 0) is 5.56 Å². The van der Waals surface area contributed by atoms with Crippen molar-refractivity contribution in [2.45, 2.75) is 11.6 Å². The van der Waals surface area contributed by atoms with Crippen molar-refractivity contribution >= 4 is 34.1 Å². The van der Waals surface area contributed by atoms with Crippen LogP contribution in [-0.2, 0) is 11.2 Å². The van der Waals surface area contributed by atoms with Gasteiger partial charge in [-0.1, -0.05) is 42.1 Å². The van der Waals surface area contributed by atoms with Crippen LogP contribution in [0.3, 0.4) is 0 Å². The zero-order chi connectivity index (χ0) is 15.2. The summed E-state index contributed by atoms with van der Waals surface area (Å²) in [6.45, 7) is 0. The molecular weight excluding hydrogens is 320 g/mol. The molecule has 0 fully saturated rings. The van der Waals surface area contributed by atoms with Gasteiger partial charge in [-0.25, -0.2) is 4.98 Å². The third-order valence-electron chi connectivity index (χ3n) is 2.65. The van der Waals surface area contributed by atoms with E-state index in [1.807, 2.05) is 30.3 Å². The van der Waals surface area contributed by atoms with Gasteiger partial charge in [-0.2, -0.15) is 0 Å². The third-order valence-corrected chi connectivity index (χ3v) is 4.16. The monoisotopic (exact) mass is 332 g/mol. The number of amides is 1. The van der Waals surface area contributed by atoms with Crippen LogP contribution in [0.25, 0.3) is 0 Å². The second-order valence-corrected chi connectivity index (χ2v) is 6.12. The first-order valence-corrected chi connectivity index (χ1v) is 8.34. The molecule has 1 amide bonds. The Labute approximate surface area is 135 Å². The van der Waals surface area contributed by atoms with E-state index < -0.39 is 0 Å². The number of anilines is 1. The minimum absolute atomic E-state index is 0.150. The van der Waals surface area contributed by atoms with E-state index in [1.165, 1.54) is 23.1 Å². The molecule has 2 heterocycles. The maximum Gasteiger partial charge on any atom is 0.277 e. The molecule has 6 nitrogen and oxygen atoms in total. The lowest BCUT2D eigenvalue weighted by molar-refractivity contribution is -0.113. The van der Waals surface area contributed by atoms with Gasteiger partial charge in [0.2, 0.25) is 11.8 Å². The van der Waals surface area contributed by atoms with Crippen molar-refractivity contribution in [1.29, 1.82) is 0 Å². The Balaban J connectivity index is 1.50. The largest absolute Gasteiger partial charge is 0.416 e. The summed E-state index contributed by atoms with van der Waals surface area (Å²) in [5, 5.41) is 13.4. The van der Waals surface area contributed by atoms with Crippen LogP contribution in [0.2, 0.25) is 0 Å². The lowest BCUT2D eigenvalue weighted by atomic mass is 10.2. The van der Waals surface area contributed by atoms with Gasteiger partial charge in [0.1, 0.15) is 0 Å². The molecule has 0 aliphatic rings. The normalized spacial score (nSPS) is 10.5. The summed E-state index contributed by atoms with van der Waals surface area (Å²) in [5.41, 5.74) is 1.10. The highest BCUT2D eigenvalue weighted by atomic mass is 32.2. The van der Waals surface area contributed by atoms with Gasteiger partial charge in [0.05, 0.1) is 12.2 Å². The Hall–Kier alpha value is -2.19. The Morgan fingerprint density at radius 3 is 2.91 bits per heavy atom. The number of carbonyl (C=O) groups is 1. The van der Waals surface area contributed by atoms with Crippen molar-refractivity contribution in [3.8, 4) is 0 Å². The number of hydrogen-bond acceptors (Lipinski definition) is 7. The van der Waals surface area contributed by atoms with Crippen LogP contribution >= 0.6 is 23.1 Å².